The summed E-state index contributed by atoms with van der Waals surface area (Å²) in [7, 11) is 0. The lowest BCUT2D eigenvalue weighted by Crippen LogP contribution is -2.10. The van der Waals surface area contributed by atoms with E-state index in [9.17, 15) is 9.90 Å². The number of aromatic nitrogens is 5. The molecule has 21 heavy (non-hydrogen) atoms. The van der Waals surface area contributed by atoms with Crippen molar-refractivity contribution in [3.05, 3.63) is 29.2 Å². The summed E-state index contributed by atoms with van der Waals surface area (Å²) in [4.78, 5) is 24.1. The van der Waals surface area contributed by atoms with Crippen molar-refractivity contribution < 1.29 is 9.90 Å². The van der Waals surface area contributed by atoms with Crippen LogP contribution in [0.3, 0.4) is 0 Å². The molecule has 0 fully saturated rings. The average Bonchev–Trinajstić information content (AvgIpc) is 2.91. The average molecular weight is 307 g/mol. The number of carboxylic acid groups (broad SMARTS) is 1. The number of hydrogen-bond acceptors (Lipinski definition) is 6. The Hall–Kier alpha value is -1.96. The van der Waals surface area contributed by atoms with Crippen LogP contribution in [-0.2, 0) is 18.7 Å². The van der Waals surface area contributed by atoms with E-state index in [-0.39, 0.29) is 5.56 Å². The van der Waals surface area contributed by atoms with Crippen molar-refractivity contribution >= 4 is 17.7 Å². The fourth-order valence-corrected chi connectivity index (χ4v) is 2.95. The molecule has 0 aliphatic heterocycles. The van der Waals surface area contributed by atoms with Crippen molar-refractivity contribution in [2.45, 2.75) is 44.5 Å². The topological polar surface area (TPSA) is 93.8 Å². The lowest BCUT2D eigenvalue weighted by atomic mass is 10.2. The van der Waals surface area contributed by atoms with E-state index < -0.39 is 5.97 Å². The quantitative estimate of drug-likeness (QED) is 0.644. The van der Waals surface area contributed by atoms with E-state index in [1.807, 2.05) is 13.8 Å². The molecule has 1 N–H and O–H groups in total. The van der Waals surface area contributed by atoms with E-state index in [1.54, 1.807) is 11.6 Å². The van der Waals surface area contributed by atoms with Gasteiger partial charge in [-0.25, -0.2) is 24.4 Å². The van der Waals surface area contributed by atoms with Crippen LogP contribution in [0, 0.1) is 6.92 Å². The molecular formula is C13H17N5O2S. The van der Waals surface area contributed by atoms with Gasteiger partial charge in [0.15, 0.2) is 0 Å². The van der Waals surface area contributed by atoms with Crippen molar-refractivity contribution in [1.29, 1.82) is 0 Å². The number of thioether (sulfide) groups is 1. The van der Waals surface area contributed by atoms with Crippen LogP contribution in [0.4, 0.5) is 0 Å². The molecule has 0 aromatic carbocycles. The number of aryl methyl sites for hydroxylation is 3. The number of hydrogen-bond donors (Lipinski definition) is 1. The van der Waals surface area contributed by atoms with E-state index in [0.29, 0.717) is 28.7 Å². The monoisotopic (exact) mass is 307 g/mol. The van der Waals surface area contributed by atoms with Gasteiger partial charge in [-0.2, -0.15) is 5.10 Å². The molecule has 0 amide bonds. The summed E-state index contributed by atoms with van der Waals surface area (Å²) in [5, 5.41) is 13.9. The number of rotatable bonds is 6. The molecule has 0 saturated carbocycles. The van der Waals surface area contributed by atoms with Gasteiger partial charge in [-0.05, 0) is 13.8 Å². The molecule has 8 heteroatoms. The first kappa shape index (κ1) is 15.4. The Bertz CT molecular complexity index is 656. The Labute approximate surface area is 126 Å². The molecule has 0 saturated heterocycles. The third kappa shape index (κ3) is 3.38. The molecule has 7 nitrogen and oxygen atoms in total. The lowest BCUT2D eigenvalue weighted by molar-refractivity contribution is 0.0690. The van der Waals surface area contributed by atoms with Gasteiger partial charge in [0.2, 0.25) is 0 Å². The Morgan fingerprint density at radius 2 is 2.14 bits per heavy atom. The number of aromatic carboxylic acids is 1. The summed E-state index contributed by atoms with van der Waals surface area (Å²) in [6.07, 6.45) is 2.17. The van der Waals surface area contributed by atoms with Gasteiger partial charge in [-0.1, -0.05) is 18.7 Å². The fraction of sp³-hybridized carbons (Fsp3) is 0.462. The van der Waals surface area contributed by atoms with Gasteiger partial charge in [-0.3, -0.25) is 0 Å². The van der Waals surface area contributed by atoms with Crippen molar-refractivity contribution in [3.8, 4) is 0 Å². The van der Waals surface area contributed by atoms with Crippen LogP contribution in [-0.4, -0.2) is 35.8 Å². The van der Waals surface area contributed by atoms with E-state index >= 15 is 0 Å². The molecule has 0 atom stereocenters. The zero-order valence-electron chi connectivity index (χ0n) is 12.2. The lowest BCUT2D eigenvalue weighted by Gasteiger charge is -2.09. The maximum atomic E-state index is 11.4. The van der Waals surface area contributed by atoms with E-state index in [4.69, 9.17) is 0 Å². The molecule has 0 aliphatic rings. The Kier molecular flexibility index (Phi) is 4.89. The molecule has 0 spiro atoms. The Morgan fingerprint density at radius 1 is 1.38 bits per heavy atom. The zero-order chi connectivity index (χ0) is 15.4. The van der Waals surface area contributed by atoms with Gasteiger partial charge in [0.25, 0.3) is 0 Å². The maximum Gasteiger partial charge on any atom is 0.340 e. The highest BCUT2D eigenvalue weighted by Gasteiger charge is 2.18. The molecule has 0 aliphatic carbocycles. The minimum absolute atomic E-state index is 0.166. The molecule has 0 bridgehead atoms. The molecular weight excluding hydrogens is 290 g/mol. The second-order valence-electron chi connectivity index (χ2n) is 4.34. The SMILES string of the molecule is CCc1nc(C)c(C(=O)O)c(SCc2ncnn2CC)n1. The first-order chi connectivity index (χ1) is 10.1. The molecule has 112 valence electrons. The summed E-state index contributed by atoms with van der Waals surface area (Å²) in [6, 6.07) is 0. The second kappa shape index (κ2) is 6.66. The van der Waals surface area contributed by atoms with Crippen LogP contribution in [0.5, 0.6) is 0 Å². The smallest absolute Gasteiger partial charge is 0.340 e. The maximum absolute atomic E-state index is 11.4. The van der Waals surface area contributed by atoms with Gasteiger partial charge >= 0.3 is 5.97 Å². The minimum atomic E-state index is -1.00. The summed E-state index contributed by atoms with van der Waals surface area (Å²) in [5.41, 5.74) is 0.661. The van der Waals surface area contributed by atoms with E-state index in [0.717, 1.165) is 12.4 Å². The number of carbonyl (C=O) groups is 1. The van der Waals surface area contributed by atoms with Crippen LogP contribution < -0.4 is 0 Å². The standard InChI is InChI=1S/C13H17N5O2S/c1-4-9-16-8(3)11(13(19)20)12(17-9)21-6-10-14-7-15-18(10)5-2/h7H,4-6H2,1-3H3,(H,19,20). The number of carboxylic acids is 1. The van der Waals surface area contributed by atoms with Gasteiger partial charge in [0, 0.05) is 13.0 Å². The second-order valence-corrected chi connectivity index (χ2v) is 5.31. The summed E-state index contributed by atoms with van der Waals surface area (Å²) in [5.74, 6) is 0.966. The van der Waals surface area contributed by atoms with Crippen LogP contribution in [0.15, 0.2) is 11.4 Å². The third-order valence-corrected chi connectivity index (χ3v) is 3.94. The fourth-order valence-electron chi connectivity index (χ4n) is 1.91. The minimum Gasteiger partial charge on any atom is -0.478 e. The van der Waals surface area contributed by atoms with Gasteiger partial charge in [0.05, 0.1) is 11.4 Å². The summed E-state index contributed by atoms with van der Waals surface area (Å²) >= 11 is 1.35. The normalized spacial score (nSPS) is 10.8. The van der Waals surface area contributed by atoms with E-state index in [2.05, 4.69) is 20.1 Å². The first-order valence-corrected chi connectivity index (χ1v) is 7.65. The van der Waals surface area contributed by atoms with Gasteiger partial charge < -0.3 is 5.11 Å². The zero-order valence-corrected chi connectivity index (χ0v) is 13.0. The van der Waals surface area contributed by atoms with Crippen molar-refractivity contribution in [1.82, 2.24) is 24.7 Å². The Morgan fingerprint density at radius 3 is 2.76 bits per heavy atom. The van der Waals surface area contributed by atoms with Crippen molar-refractivity contribution in [3.63, 3.8) is 0 Å². The predicted molar refractivity (Wildman–Crippen MR) is 78.4 cm³/mol. The molecule has 2 rings (SSSR count). The van der Waals surface area contributed by atoms with E-state index in [1.165, 1.54) is 18.1 Å². The highest BCUT2D eigenvalue weighted by Crippen LogP contribution is 2.25. The molecule has 2 heterocycles. The Balaban J connectivity index is 2.30. The summed E-state index contributed by atoms with van der Waals surface area (Å²) < 4.78 is 1.78. The van der Waals surface area contributed by atoms with Gasteiger partial charge in [-0.15, -0.1) is 0 Å². The third-order valence-electron chi connectivity index (χ3n) is 2.97. The number of nitrogens with zero attached hydrogens (tertiary/aromatic N) is 5. The van der Waals surface area contributed by atoms with Crippen LogP contribution in [0.1, 0.15) is 41.5 Å². The molecule has 0 radical (unpaired) electrons. The van der Waals surface area contributed by atoms with Crippen LogP contribution >= 0.6 is 11.8 Å². The molecule has 0 unspecified atom stereocenters. The van der Waals surface area contributed by atoms with Crippen molar-refractivity contribution in [2.24, 2.45) is 0 Å². The van der Waals surface area contributed by atoms with Crippen LogP contribution in [0.2, 0.25) is 0 Å². The van der Waals surface area contributed by atoms with Crippen molar-refractivity contribution in [2.75, 3.05) is 0 Å². The summed E-state index contributed by atoms with van der Waals surface area (Å²) in [6.45, 7) is 6.35. The van der Waals surface area contributed by atoms with Gasteiger partial charge in [0.1, 0.15) is 28.6 Å². The first-order valence-electron chi connectivity index (χ1n) is 6.67. The largest absolute Gasteiger partial charge is 0.478 e. The predicted octanol–water partition coefficient (Wildman–Crippen LogP) is 1.95. The molecule has 2 aromatic heterocycles. The highest BCUT2D eigenvalue weighted by molar-refractivity contribution is 7.98. The highest BCUT2D eigenvalue weighted by atomic mass is 32.2. The van der Waals surface area contributed by atoms with Crippen LogP contribution in [0.25, 0.3) is 0 Å². The molecule has 2 aromatic rings.